The van der Waals surface area contributed by atoms with Crippen molar-refractivity contribution < 1.29 is 14.3 Å². The second-order valence-electron chi connectivity index (χ2n) is 3.74. The van der Waals surface area contributed by atoms with Crippen LogP contribution in [0.15, 0.2) is 0 Å². The third-order valence-electron chi connectivity index (χ3n) is 2.33. The van der Waals surface area contributed by atoms with Gasteiger partial charge in [-0.05, 0) is 19.3 Å². The molecule has 82 valence electrons. The summed E-state index contributed by atoms with van der Waals surface area (Å²) in [5, 5.41) is 0. The Morgan fingerprint density at radius 3 is 2.79 bits per heavy atom. The van der Waals surface area contributed by atoms with Crippen LogP contribution in [0.25, 0.3) is 0 Å². The lowest BCUT2D eigenvalue weighted by atomic mass is 9.90. The van der Waals surface area contributed by atoms with Crippen molar-refractivity contribution in [3.8, 4) is 0 Å². The molecule has 0 atom stereocenters. The van der Waals surface area contributed by atoms with Gasteiger partial charge in [-0.1, -0.05) is 13.3 Å². The summed E-state index contributed by atoms with van der Waals surface area (Å²) in [7, 11) is 0. The van der Waals surface area contributed by atoms with E-state index in [1.165, 1.54) is 0 Å². The van der Waals surface area contributed by atoms with Gasteiger partial charge in [0.2, 0.25) is 0 Å². The molecule has 1 rings (SSSR count). The van der Waals surface area contributed by atoms with Crippen LogP contribution in [0, 0.1) is 0 Å². The Balaban J connectivity index is 1.93. The van der Waals surface area contributed by atoms with Crippen LogP contribution in [0.1, 0.15) is 32.6 Å². The van der Waals surface area contributed by atoms with Gasteiger partial charge in [-0.15, -0.1) is 0 Å². The van der Waals surface area contributed by atoms with Crippen LogP contribution in [-0.2, 0) is 14.3 Å². The lowest BCUT2D eigenvalue weighted by molar-refractivity contribution is -0.153. The molecule has 0 spiro atoms. The number of hydrogen-bond acceptors (Lipinski definition) is 4. The summed E-state index contributed by atoms with van der Waals surface area (Å²) < 4.78 is 10.2. The van der Waals surface area contributed by atoms with Crippen molar-refractivity contribution >= 4 is 5.97 Å². The highest BCUT2D eigenvalue weighted by Crippen LogP contribution is 2.20. The van der Waals surface area contributed by atoms with E-state index in [0.29, 0.717) is 6.61 Å². The molecular weight excluding hydrogens is 182 g/mol. The van der Waals surface area contributed by atoms with Crippen LogP contribution in [0.3, 0.4) is 0 Å². The number of carbonyl (C=O) groups is 1. The van der Waals surface area contributed by atoms with E-state index in [4.69, 9.17) is 15.2 Å². The zero-order valence-corrected chi connectivity index (χ0v) is 8.70. The first-order chi connectivity index (χ1) is 6.72. The minimum absolute atomic E-state index is 0.0705. The number of rotatable bonds is 6. The van der Waals surface area contributed by atoms with E-state index in [1.807, 2.05) is 0 Å². The van der Waals surface area contributed by atoms with Crippen molar-refractivity contribution in [2.45, 2.75) is 44.8 Å². The van der Waals surface area contributed by atoms with Gasteiger partial charge in [0.25, 0.3) is 0 Å². The molecule has 1 saturated carbocycles. The highest BCUT2D eigenvalue weighted by atomic mass is 16.6. The van der Waals surface area contributed by atoms with Crippen LogP contribution >= 0.6 is 0 Å². The van der Waals surface area contributed by atoms with Gasteiger partial charge in [0, 0.05) is 6.04 Å². The molecule has 0 radical (unpaired) electrons. The summed E-state index contributed by atoms with van der Waals surface area (Å²) in [6.07, 6.45) is 3.85. The quantitative estimate of drug-likeness (QED) is 0.511. The van der Waals surface area contributed by atoms with E-state index in [0.717, 1.165) is 25.7 Å². The van der Waals surface area contributed by atoms with Crippen LogP contribution in [0.2, 0.25) is 0 Å². The fourth-order valence-electron chi connectivity index (χ4n) is 1.30. The first kappa shape index (κ1) is 11.5. The van der Waals surface area contributed by atoms with Crippen molar-refractivity contribution in [2.24, 2.45) is 5.73 Å². The SMILES string of the molecule is CCCCOC(=O)COC1CC(N)C1. The fourth-order valence-corrected chi connectivity index (χ4v) is 1.30. The van der Waals surface area contributed by atoms with E-state index in [2.05, 4.69) is 6.92 Å². The summed E-state index contributed by atoms with van der Waals surface area (Å²) >= 11 is 0. The molecule has 0 aromatic heterocycles. The maximum atomic E-state index is 11.1. The predicted molar refractivity (Wildman–Crippen MR) is 52.8 cm³/mol. The topological polar surface area (TPSA) is 61.5 Å². The van der Waals surface area contributed by atoms with Crippen molar-refractivity contribution in [3.05, 3.63) is 0 Å². The van der Waals surface area contributed by atoms with Crippen molar-refractivity contribution in [1.82, 2.24) is 0 Å². The minimum atomic E-state index is -0.265. The van der Waals surface area contributed by atoms with Crippen LogP contribution < -0.4 is 5.73 Å². The molecule has 1 aliphatic carbocycles. The zero-order chi connectivity index (χ0) is 10.4. The second kappa shape index (κ2) is 5.98. The standard InChI is InChI=1S/C10H19NO3/c1-2-3-4-13-10(12)7-14-9-5-8(11)6-9/h8-9H,2-7,11H2,1H3. The van der Waals surface area contributed by atoms with Crippen LogP contribution in [0.5, 0.6) is 0 Å². The molecule has 0 aromatic carbocycles. The molecule has 4 heteroatoms. The van der Waals surface area contributed by atoms with E-state index in [9.17, 15) is 4.79 Å². The lowest BCUT2D eigenvalue weighted by Crippen LogP contribution is -2.42. The minimum Gasteiger partial charge on any atom is -0.464 e. The molecule has 0 aliphatic heterocycles. The summed E-state index contributed by atoms with van der Waals surface area (Å²) in [5.41, 5.74) is 5.58. The third kappa shape index (κ3) is 4.07. The molecule has 1 fully saturated rings. The van der Waals surface area contributed by atoms with Gasteiger partial charge in [0.05, 0.1) is 12.7 Å². The highest BCUT2D eigenvalue weighted by Gasteiger charge is 2.27. The largest absolute Gasteiger partial charge is 0.464 e. The Kier molecular flexibility index (Phi) is 4.90. The summed E-state index contributed by atoms with van der Waals surface area (Å²) in [6, 6.07) is 0.260. The Hall–Kier alpha value is -0.610. The molecule has 0 heterocycles. The molecule has 1 aliphatic rings. The average molecular weight is 201 g/mol. The molecule has 0 aromatic rings. The Labute approximate surface area is 84.7 Å². The predicted octanol–water partition coefficient (Wildman–Crippen LogP) is 0.836. The average Bonchev–Trinajstić information content (AvgIpc) is 2.11. The molecule has 14 heavy (non-hydrogen) atoms. The normalized spacial score (nSPS) is 25.6. The second-order valence-corrected chi connectivity index (χ2v) is 3.74. The molecule has 2 N–H and O–H groups in total. The number of carbonyl (C=O) groups excluding carboxylic acids is 1. The monoisotopic (exact) mass is 201 g/mol. The third-order valence-corrected chi connectivity index (χ3v) is 2.33. The van der Waals surface area contributed by atoms with Gasteiger partial charge in [0.15, 0.2) is 0 Å². The zero-order valence-electron chi connectivity index (χ0n) is 8.70. The number of ether oxygens (including phenoxy) is 2. The molecule has 0 bridgehead atoms. The Morgan fingerprint density at radius 2 is 2.21 bits per heavy atom. The van der Waals surface area contributed by atoms with Gasteiger partial charge < -0.3 is 15.2 Å². The van der Waals surface area contributed by atoms with Gasteiger partial charge in [-0.3, -0.25) is 0 Å². The maximum Gasteiger partial charge on any atom is 0.332 e. The Bertz CT molecular complexity index is 178. The summed E-state index contributed by atoms with van der Waals surface area (Å²) in [4.78, 5) is 11.1. The first-order valence-corrected chi connectivity index (χ1v) is 5.25. The van der Waals surface area contributed by atoms with Gasteiger partial charge in [0.1, 0.15) is 6.61 Å². The molecular formula is C10H19NO3. The number of hydrogen-bond donors (Lipinski definition) is 1. The van der Waals surface area contributed by atoms with Crippen molar-refractivity contribution in [2.75, 3.05) is 13.2 Å². The van der Waals surface area contributed by atoms with E-state index >= 15 is 0 Å². The van der Waals surface area contributed by atoms with Crippen molar-refractivity contribution in [1.29, 1.82) is 0 Å². The molecule has 0 saturated heterocycles. The summed E-state index contributed by atoms with van der Waals surface area (Å²) in [5.74, 6) is -0.265. The molecule has 0 unspecified atom stereocenters. The molecule has 0 amide bonds. The summed E-state index contributed by atoms with van der Waals surface area (Å²) in [6.45, 7) is 2.63. The number of esters is 1. The van der Waals surface area contributed by atoms with Crippen LogP contribution in [-0.4, -0.2) is 31.3 Å². The lowest BCUT2D eigenvalue weighted by Gasteiger charge is -2.31. The van der Waals surface area contributed by atoms with E-state index in [-0.39, 0.29) is 24.7 Å². The maximum absolute atomic E-state index is 11.1. The van der Waals surface area contributed by atoms with Gasteiger partial charge >= 0.3 is 5.97 Å². The van der Waals surface area contributed by atoms with Gasteiger partial charge in [-0.2, -0.15) is 0 Å². The smallest absolute Gasteiger partial charge is 0.332 e. The van der Waals surface area contributed by atoms with E-state index in [1.54, 1.807) is 0 Å². The number of unbranched alkanes of at least 4 members (excludes halogenated alkanes) is 1. The van der Waals surface area contributed by atoms with Crippen LogP contribution in [0.4, 0.5) is 0 Å². The van der Waals surface area contributed by atoms with E-state index < -0.39 is 0 Å². The Morgan fingerprint density at radius 1 is 1.50 bits per heavy atom. The van der Waals surface area contributed by atoms with Crippen molar-refractivity contribution in [3.63, 3.8) is 0 Å². The number of nitrogens with two attached hydrogens (primary N) is 1. The highest BCUT2D eigenvalue weighted by molar-refractivity contribution is 5.70. The molecule has 4 nitrogen and oxygen atoms in total. The van der Waals surface area contributed by atoms with Gasteiger partial charge in [-0.25, -0.2) is 4.79 Å². The fraction of sp³-hybridized carbons (Fsp3) is 0.900. The first-order valence-electron chi connectivity index (χ1n) is 5.25.